The van der Waals surface area contributed by atoms with Crippen molar-refractivity contribution in [2.75, 3.05) is 5.73 Å². The number of rotatable bonds is 3. The van der Waals surface area contributed by atoms with Crippen molar-refractivity contribution < 1.29 is 4.74 Å². The van der Waals surface area contributed by atoms with Gasteiger partial charge in [0.1, 0.15) is 18.2 Å². The van der Waals surface area contributed by atoms with Gasteiger partial charge in [0.2, 0.25) is 0 Å². The molecule has 2 N–H and O–H groups in total. The number of anilines is 1. The molecule has 0 saturated carbocycles. The van der Waals surface area contributed by atoms with Crippen LogP contribution >= 0.6 is 0 Å². The number of nitrogens with zero attached hydrogens (tertiary/aromatic N) is 2. The SMILES string of the molecule is Nc1ccc2ccc(COc3cccnc3)cc2n1. The number of nitrogen functional groups attached to an aromatic ring is 1. The molecule has 94 valence electrons. The maximum atomic E-state index is 5.69. The van der Waals surface area contributed by atoms with E-state index in [0.717, 1.165) is 22.2 Å². The Labute approximate surface area is 110 Å². The molecule has 0 aliphatic heterocycles. The Morgan fingerprint density at radius 2 is 2.00 bits per heavy atom. The highest BCUT2D eigenvalue weighted by atomic mass is 16.5. The van der Waals surface area contributed by atoms with Crippen LogP contribution in [0.4, 0.5) is 5.82 Å². The lowest BCUT2D eigenvalue weighted by Gasteiger charge is -2.06. The minimum absolute atomic E-state index is 0.484. The second-order valence-electron chi connectivity index (χ2n) is 4.24. The molecular weight excluding hydrogens is 238 g/mol. The molecular formula is C15H13N3O. The fourth-order valence-electron chi connectivity index (χ4n) is 1.87. The van der Waals surface area contributed by atoms with Crippen LogP contribution in [0.25, 0.3) is 10.9 Å². The van der Waals surface area contributed by atoms with Crippen LogP contribution in [-0.2, 0) is 6.61 Å². The van der Waals surface area contributed by atoms with Crippen LogP contribution in [0.3, 0.4) is 0 Å². The first kappa shape index (κ1) is 11.5. The Morgan fingerprint density at radius 3 is 2.84 bits per heavy atom. The molecule has 3 aromatic rings. The van der Waals surface area contributed by atoms with Gasteiger partial charge in [-0.3, -0.25) is 4.98 Å². The van der Waals surface area contributed by atoms with Crippen LogP contribution in [0, 0.1) is 0 Å². The fourth-order valence-corrected chi connectivity index (χ4v) is 1.87. The molecule has 0 amide bonds. The number of hydrogen-bond donors (Lipinski definition) is 1. The molecule has 0 saturated heterocycles. The van der Waals surface area contributed by atoms with Gasteiger partial charge in [-0.15, -0.1) is 0 Å². The molecule has 3 rings (SSSR count). The predicted molar refractivity (Wildman–Crippen MR) is 74.7 cm³/mol. The van der Waals surface area contributed by atoms with Gasteiger partial charge in [-0.25, -0.2) is 4.98 Å². The molecule has 0 radical (unpaired) electrons. The summed E-state index contributed by atoms with van der Waals surface area (Å²) in [6.45, 7) is 0.484. The summed E-state index contributed by atoms with van der Waals surface area (Å²) in [6, 6.07) is 13.5. The quantitative estimate of drug-likeness (QED) is 0.777. The topological polar surface area (TPSA) is 61.0 Å². The monoisotopic (exact) mass is 251 g/mol. The average molecular weight is 251 g/mol. The number of pyridine rings is 2. The van der Waals surface area contributed by atoms with Crippen LogP contribution in [0.15, 0.2) is 54.9 Å². The Morgan fingerprint density at radius 1 is 1.11 bits per heavy atom. The Balaban J connectivity index is 1.81. The van der Waals surface area contributed by atoms with Crippen molar-refractivity contribution in [1.29, 1.82) is 0 Å². The highest BCUT2D eigenvalue weighted by Crippen LogP contribution is 2.17. The minimum Gasteiger partial charge on any atom is -0.487 e. The van der Waals surface area contributed by atoms with E-state index in [9.17, 15) is 0 Å². The first-order chi connectivity index (χ1) is 9.31. The molecule has 2 aromatic heterocycles. The number of aromatic nitrogens is 2. The maximum absolute atomic E-state index is 5.69. The largest absolute Gasteiger partial charge is 0.487 e. The number of hydrogen-bond acceptors (Lipinski definition) is 4. The van der Waals surface area contributed by atoms with E-state index in [-0.39, 0.29) is 0 Å². The zero-order valence-electron chi connectivity index (χ0n) is 10.3. The second kappa shape index (κ2) is 4.94. The lowest BCUT2D eigenvalue weighted by Crippen LogP contribution is -1.96. The van der Waals surface area contributed by atoms with E-state index in [2.05, 4.69) is 9.97 Å². The molecule has 2 heterocycles. The van der Waals surface area contributed by atoms with E-state index in [0.29, 0.717) is 12.4 Å². The molecule has 0 fully saturated rings. The summed E-state index contributed by atoms with van der Waals surface area (Å²) in [5, 5.41) is 1.07. The van der Waals surface area contributed by atoms with Crippen LogP contribution < -0.4 is 10.5 Å². The molecule has 0 spiro atoms. The molecule has 19 heavy (non-hydrogen) atoms. The maximum Gasteiger partial charge on any atom is 0.138 e. The smallest absolute Gasteiger partial charge is 0.138 e. The van der Waals surface area contributed by atoms with Gasteiger partial charge in [0.05, 0.1) is 11.7 Å². The number of benzene rings is 1. The van der Waals surface area contributed by atoms with Gasteiger partial charge in [-0.05, 0) is 35.9 Å². The third-order valence-electron chi connectivity index (χ3n) is 2.82. The number of nitrogens with two attached hydrogens (primary N) is 1. The summed E-state index contributed by atoms with van der Waals surface area (Å²) < 4.78 is 5.65. The summed E-state index contributed by atoms with van der Waals surface area (Å²) >= 11 is 0. The molecule has 1 aromatic carbocycles. The van der Waals surface area contributed by atoms with Gasteiger partial charge >= 0.3 is 0 Å². The Kier molecular flexibility index (Phi) is 2.98. The molecule has 0 bridgehead atoms. The van der Waals surface area contributed by atoms with Crippen molar-refractivity contribution >= 4 is 16.7 Å². The molecule has 4 nitrogen and oxygen atoms in total. The zero-order chi connectivity index (χ0) is 13.1. The third kappa shape index (κ3) is 2.63. The van der Waals surface area contributed by atoms with Gasteiger partial charge in [0.25, 0.3) is 0 Å². The highest BCUT2D eigenvalue weighted by Gasteiger charge is 2.00. The van der Waals surface area contributed by atoms with Crippen molar-refractivity contribution in [1.82, 2.24) is 9.97 Å². The van der Waals surface area contributed by atoms with E-state index in [1.165, 1.54) is 0 Å². The fraction of sp³-hybridized carbons (Fsp3) is 0.0667. The molecule has 0 aliphatic rings. The van der Waals surface area contributed by atoms with Gasteiger partial charge in [-0.1, -0.05) is 12.1 Å². The van der Waals surface area contributed by atoms with E-state index in [1.54, 1.807) is 18.5 Å². The predicted octanol–water partition coefficient (Wildman–Crippen LogP) is 2.79. The van der Waals surface area contributed by atoms with E-state index < -0.39 is 0 Å². The van der Waals surface area contributed by atoms with Crippen LogP contribution in [0.5, 0.6) is 5.75 Å². The standard InChI is InChI=1S/C15H13N3O/c16-15-6-5-12-4-3-11(8-14(12)18-15)10-19-13-2-1-7-17-9-13/h1-9H,10H2,(H2,16,18). The number of ether oxygens (including phenoxy) is 1. The first-order valence-corrected chi connectivity index (χ1v) is 5.99. The van der Waals surface area contributed by atoms with Crippen LogP contribution in [-0.4, -0.2) is 9.97 Å². The highest BCUT2D eigenvalue weighted by molar-refractivity contribution is 5.80. The Hall–Kier alpha value is -2.62. The van der Waals surface area contributed by atoms with E-state index in [4.69, 9.17) is 10.5 Å². The zero-order valence-corrected chi connectivity index (χ0v) is 10.3. The lowest BCUT2D eigenvalue weighted by molar-refractivity contribution is 0.305. The van der Waals surface area contributed by atoms with Crippen molar-refractivity contribution in [2.24, 2.45) is 0 Å². The molecule has 0 unspecified atom stereocenters. The van der Waals surface area contributed by atoms with Crippen LogP contribution in [0.1, 0.15) is 5.56 Å². The normalized spacial score (nSPS) is 10.5. The summed E-state index contributed by atoms with van der Waals surface area (Å²) in [4.78, 5) is 8.31. The van der Waals surface area contributed by atoms with Gasteiger partial charge < -0.3 is 10.5 Å². The first-order valence-electron chi connectivity index (χ1n) is 5.99. The van der Waals surface area contributed by atoms with E-state index in [1.807, 2.05) is 36.4 Å². The minimum atomic E-state index is 0.484. The Bertz CT molecular complexity index is 698. The van der Waals surface area contributed by atoms with Gasteiger partial charge in [-0.2, -0.15) is 0 Å². The van der Waals surface area contributed by atoms with Crippen molar-refractivity contribution in [3.8, 4) is 5.75 Å². The molecule has 0 aliphatic carbocycles. The molecule has 4 heteroatoms. The second-order valence-corrected chi connectivity index (χ2v) is 4.24. The van der Waals surface area contributed by atoms with Crippen molar-refractivity contribution in [3.05, 3.63) is 60.4 Å². The number of fused-ring (bicyclic) bond motifs is 1. The molecule has 0 atom stereocenters. The van der Waals surface area contributed by atoms with Gasteiger partial charge in [0, 0.05) is 11.6 Å². The van der Waals surface area contributed by atoms with E-state index >= 15 is 0 Å². The summed E-state index contributed by atoms with van der Waals surface area (Å²) in [6.07, 6.45) is 3.41. The van der Waals surface area contributed by atoms with Gasteiger partial charge in [0.15, 0.2) is 0 Å². The summed E-state index contributed by atoms with van der Waals surface area (Å²) in [5.41, 5.74) is 7.62. The van der Waals surface area contributed by atoms with Crippen molar-refractivity contribution in [2.45, 2.75) is 6.61 Å². The van der Waals surface area contributed by atoms with Crippen LogP contribution in [0.2, 0.25) is 0 Å². The lowest BCUT2D eigenvalue weighted by atomic mass is 10.1. The summed E-state index contributed by atoms with van der Waals surface area (Å²) in [5.74, 6) is 1.28. The van der Waals surface area contributed by atoms with Crippen molar-refractivity contribution in [3.63, 3.8) is 0 Å². The third-order valence-corrected chi connectivity index (χ3v) is 2.82. The summed E-state index contributed by atoms with van der Waals surface area (Å²) in [7, 11) is 0. The average Bonchev–Trinajstić information content (AvgIpc) is 2.46.